The van der Waals surface area contributed by atoms with Crippen molar-refractivity contribution in [1.29, 1.82) is 0 Å². The predicted molar refractivity (Wildman–Crippen MR) is 89.7 cm³/mol. The van der Waals surface area contributed by atoms with E-state index in [1.807, 2.05) is 11.8 Å². The average molecular weight is 305 g/mol. The molecule has 2 aliphatic rings. The normalized spacial score (nSPS) is 25.3. The molecule has 3 nitrogen and oxygen atoms in total. The molecule has 0 amide bonds. The first-order valence-electron chi connectivity index (χ1n) is 8.39. The van der Waals surface area contributed by atoms with E-state index in [2.05, 4.69) is 30.3 Å². The molecule has 21 heavy (non-hydrogen) atoms. The summed E-state index contributed by atoms with van der Waals surface area (Å²) in [6.07, 6.45) is 8.25. The number of nitrogens with one attached hydrogen (secondary N) is 1. The molecule has 0 bridgehead atoms. The van der Waals surface area contributed by atoms with Crippen molar-refractivity contribution < 1.29 is 0 Å². The molecule has 1 saturated heterocycles. The SMILES string of the molecule is CC(C)CNCC1CCc2nc(C3CCCS3)ncc2C1. The fourth-order valence-electron chi connectivity index (χ4n) is 3.29. The molecule has 1 aromatic rings. The first kappa shape index (κ1) is 15.3. The molecular formula is C17H27N3S. The fourth-order valence-corrected chi connectivity index (χ4v) is 4.50. The number of rotatable bonds is 5. The highest BCUT2D eigenvalue weighted by atomic mass is 32.2. The van der Waals surface area contributed by atoms with Crippen LogP contribution >= 0.6 is 11.8 Å². The van der Waals surface area contributed by atoms with Crippen molar-refractivity contribution in [1.82, 2.24) is 15.3 Å². The minimum absolute atomic E-state index is 0.556. The summed E-state index contributed by atoms with van der Waals surface area (Å²) in [6.45, 7) is 6.79. The largest absolute Gasteiger partial charge is 0.316 e. The number of fused-ring (bicyclic) bond motifs is 1. The van der Waals surface area contributed by atoms with Gasteiger partial charge in [0.25, 0.3) is 0 Å². The minimum atomic E-state index is 0.556. The molecule has 0 spiro atoms. The Hall–Kier alpha value is -0.610. The molecule has 0 aromatic carbocycles. The quantitative estimate of drug-likeness (QED) is 0.905. The van der Waals surface area contributed by atoms with Crippen LogP contribution in [0.25, 0.3) is 0 Å². The third kappa shape index (κ3) is 3.98. The second kappa shape index (κ2) is 7.10. The fraction of sp³-hybridized carbons (Fsp3) is 0.765. The van der Waals surface area contributed by atoms with Gasteiger partial charge in [-0.25, -0.2) is 9.97 Å². The number of hydrogen-bond acceptors (Lipinski definition) is 4. The second-order valence-corrected chi connectivity index (χ2v) is 8.17. The monoisotopic (exact) mass is 305 g/mol. The molecule has 4 heteroatoms. The van der Waals surface area contributed by atoms with E-state index < -0.39 is 0 Å². The Morgan fingerprint density at radius 2 is 2.29 bits per heavy atom. The van der Waals surface area contributed by atoms with Crippen LogP contribution in [-0.2, 0) is 12.8 Å². The zero-order valence-electron chi connectivity index (χ0n) is 13.3. The summed E-state index contributed by atoms with van der Waals surface area (Å²) < 4.78 is 0. The standard InChI is InChI=1S/C17H27N3S/c1-12(2)9-18-10-13-5-6-15-14(8-13)11-19-17(20-15)16-4-3-7-21-16/h11-13,16,18H,3-10H2,1-2H3. The van der Waals surface area contributed by atoms with Gasteiger partial charge in [0, 0.05) is 11.9 Å². The molecular weight excluding hydrogens is 278 g/mol. The van der Waals surface area contributed by atoms with Gasteiger partial charge in [-0.15, -0.1) is 0 Å². The molecule has 1 fully saturated rings. The summed E-state index contributed by atoms with van der Waals surface area (Å²) in [6, 6.07) is 0. The molecule has 3 rings (SSSR count). The summed E-state index contributed by atoms with van der Waals surface area (Å²) in [5, 5.41) is 4.15. The summed E-state index contributed by atoms with van der Waals surface area (Å²) in [5.41, 5.74) is 2.72. The van der Waals surface area contributed by atoms with Crippen molar-refractivity contribution in [2.24, 2.45) is 11.8 Å². The van der Waals surface area contributed by atoms with Crippen LogP contribution in [0.1, 0.15) is 55.4 Å². The Morgan fingerprint density at radius 3 is 3.05 bits per heavy atom. The lowest BCUT2D eigenvalue weighted by molar-refractivity contribution is 0.404. The summed E-state index contributed by atoms with van der Waals surface area (Å²) in [7, 11) is 0. The van der Waals surface area contributed by atoms with Crippen molar-refractivity contribution in [2.75, 3.05) is 18.8 Å². The van der Waals surface area contributed by atoms with Crippen LogP contribution in [0.4, 0.5) is 0 Å². The molecule has 2 heterocycles. The van der Waals surface area contributed by atoms with Crippen LogP contribution in [0, 0.1) is 11.8 Å². The molecule has 1 N–H and O–H groups in total. The highest BCUT2D eigenvalue weighted by Crippen LogP contribution is 2.38. The van der Waals surface area contributed by atoms with Gasteiger partial charge in [0.05, 0.1) is 5.25 Å². The first-order valence-corrected chi connectivity index (χ1v) is 9.44. The van der Waals surface area contributed by atoms with E-state index in [4.69, 9.17) is 4.98 Å². The Balaban J connectivity index is 1.59. The van der Waals surface area contributed by atoms with Crippen LogP contribution in [0.15, 0.2) is 6.20 Å². The van der Waals surface area contributed by atoms with Gasteiger partial charge < -0.3 is 5.32 Å². The molecule has 116 valence electrons. The predicted octanol–water partition coefficient (Wildman–Crippen LogP) is 3.40. The van der Waals surface area contributed by atoms with E-state index >= 15 is 0 Å². The van der Waals surface area contributed by atoms with E-state index in [1.165, 1.54) is 36.3 Å². The summed E-state index contributed by atoms with van der Waals surface area (Å²) in [5.74, 6) is 3.85. The lowest BCUT2D eigenvalue weighted by Gasteiger charge is -2.25. The summed E-state index contributed by atoms with van der Waals surface area (Å²) in [4.78, 5) is 9.55. The molecule has 2 atom stereocenters. The van der Waals surface area contributed by atoms with Gasteiger partial charge in [0.15, 0.2) is 0 Å². The van der Waals surface area contributed by atoms with Crippen LogP contribution in [0.3, 0.4) is 0 Å². The number of aryl methyl sites for hydroxylation is 1. The Labute approximate surface area is 132 Å². The van der Waals surface area contributed by atoms with E-state index in [9.17, 15) is 0 Å². The van der Waals surface area contributed by atoms with E-state index in [1.54, 1.807) is 0 Å². The molecule has 0 radical (unpaired) electrons. The Kier molecular flexibility index (Phi) is 5.17. The summed E-state index contributed by atoms with van der Waals surface area (Å²) >= 11 is 2.03. The van der Waals surface area contributed by atoms with E-state index in [0.717, 1.165) is 43.6 Å². The van der Waals surface area contributed by atoms with Crippen molar-refractivity contribution in [2.45, 2.75) is 51.2 Å². The van der Waals surface area contributed by atoms with Crippen LogP contribution in [-0.4, -0.2) is 28.8 Å². The maximum atomic E-state index is 4.89. The van der Waals surface area contributed by atoms with Gasteiger partial charge in [-0.2, -0.15) is 11.8 Å². The highest BCUT2D eigenvalue weighted by molar-refractivity contribution is 7.99. The van der Waals surface area contributed by atoms with Crippen molar-refractivity contribution in [3.8, 4) is 0 Å². The van der Waals surface area contributed by atoms with Crippen LogP contribution < -0.4 is 5.32 Å². The maximum Gasteiger partial charge on any atom is 0.141 e. The van der Waals surface area contributed by atoms with Crippen LogP contribution in [0.5, 0.6) is 0 Å². The third-order valence-corrected chi connectivity index (χ3v) is 5.85. The number of hydrogen-bond donors (Lipinski definition) is 1. The molecule has 2 unspecified atom stereocenters. The first-order chi connectivity index (χ1) is 10.2. The second-order valence-electron chi connectivity index (χ2n) is 6.86. The number of nitrogens with zero attached hydrogens (tertiary/aromatic N) is 2. The Morgan fingerprint density at radius 1 is 1.38 bits per heavy atom. The van der Waals surface area contributed by atoms with E-state index in [-0.39, 0.29) is 0 Å². The molecule has 1 aliphatic heterocycles. The zero-order chi connectivity index (χ0) is 14.7. The lowest BCUT2D eigenvalue weighted by Crippen LogP contribution is -2.30. The van der Waals surface area contributed by atoms with Crippen molar-refractivity contribution >= 4 is 11.8 Å². The molecule has 1 aliphatic carbocycles. The van der Waals surface area contributed by atoms with Crippen LogP contribution in [0.2, 0.25) is 0 Å². The Bertz CT molecular complexity index is 469. The lowest BCUT2D eigenvalue weighted by atomic mass is 9.87. The van der Waals surface area contributed by atoms with Gasteiger partial charge in [-0.1, -0.05) is 13.8 Å². The zero-order valence-corrected chi connectivity index (χ0v) is 14.1. The number of aromatic nitrogens is 2. The van der Waals surface area contributed by atoms with Gasteiger partial charge in [0.2, 0.25) is 0 Å². The average Bonchev–Trinajstić information content (AvgIpc) is 3.00. The maximum absolute atomic E-state index is 4.89. The van der Waals surface area contributed by atoms with Gasteiger partial charge in [0.1, 0.15) is 5.82 Å². The van der Waals surface area contributed by atoms with Crippen molar-refractivity contribution in [3.05, 3.63) is 23.3 Å². The number of thioether (sulfide) groups is 1. The van der Waals surface area contributed by atoms with Gasteiger partial charge in [-0.05, 0) is 68.3 Å². The smallest absolute Gasteiger partial charge is 0.141 e. The van der Waals surface area contributed by atoms with Gasteiger partial charge >= 0.3 is 0 Å². The minimum Gasteiger partial charge on any atom is -0.316 e. The third-order valence-electron chi connectivity index (χ3n) is 4.47. The molecule has 0 saturated carbocycles. The van der Waals surface area contributed by atoms with Gasteiger partial charge in [-0.3, -0.25) is 0 Å². The topological polar surface area (TPSA) is 37.8 Å². The van der Waals surface area contributed by atoms with E-state index in [0.29, 0.717) is 5.25 Å². The van der Waals surface area contributed by atoms with Crippen molar-refractivity contribution in [3.63, 3.8) is 0 Å². The molecule has 1 aromatic heterocycles. The highest BCUT2D eigenvalue weighted by Gasteiger charge is 2.24.